The third-order valence-electron chi connectivity index (χ3n) is 5.33. The van der Waals surface area contributed by atoms with Gasteiger partial charge in [0.15, 0.2) is 11.5 Å². The van der Waals surface area contributed by atoms with Crippen molar-refractivity contribution in [1.82, 2.24) is 24.3 Å². The van der Waals surface area contributed by atoms with E-state index in [0.29, 0.717) is 24.0 Å². The standard InChI is InChI=1S/C19H21F3N6O4S/c1-10-2-5-13(33(30,31)27-11-3-4-12(8-29)32-9-11)6-14(10)15-7-24-17-16(23)25-18(19(20,21)22)26-28(15)17/h2,5-7,11-12,27,29H,3-4,8-9H2,1H3,(H2,23,25,26)/t11-,12+/m0/s1. The number of hydrogen-bond donors (Lipinski definition) is 3. The summed E-state index contributed by atoms with van der Waals surface area (Å²) in [6, 6.07) is 3.81. The quantitative estimate of drug-likeness (QED) is 0.492. The molecule has 2 aromatic heterocycles. The lowest BCUT2D eigenvalue weighted by atomic mass is 10.1. The van der Waals surface area contributed by atoms with E-state index in [1.54, 1.807) is 6.92 Å². The lowest BCUT2D eigenvalue weighted by Gasteiger charge is -2.28. The van der Waals surface area contributed by atoms with Gasteiger partial charge in [0.25, 0.3) is 5.82 Å². The number of halogens is 3. The number of aliphatic hydroxyl groups excluding tert-OH is 1. The number of alkyl halides is 3. The van der Waals surface area contributed by atoms with Gasteiger partial charge in [-0.1, -0.05) is 6.07 Å². The van der Waals surface area contributed by atoms with Crippen LogP contribution in [-0.2, 0) is 20.9 Å². The van der Waals surface area contributed by atoms with Crippen molar-refractivity contribution >= 4 is 21.5 Å². The number of nitrogens with zero attached hydrogens (tertiary/aromatic N) is 4. The summed E-state index contributed by atoms with van der Waals surface area (Å²) < 4.78 is 74.3. The average molecular weight is 486 g/mol. The van der Waals surface area contributed by atoms with E-state index < -0.39 is 33.9 Å². The van der Waals surface area contributed by atoms with Crippen molar-refractivity contribution in [3.8, 4) is 11.3 Å². The zero-order valence-electron chi connectivity index (χ0n) is 17.4. The molecule has 0 saturated carbocycles. The fourth-order valence-corrected chi connectivity index (χ4v) is 4.86. The third kappa shape index (κ3) is 4.64. The molecule has 0 spiro atoms. The first-order chi connectivity index (χ1) is 15.5. The van der Waals surface area contributed by atoms with E-state index in [2.05, 4.69) is 19.8 Å². The van der Waals surface area contributed by atoms with Crippen molar-refractivity contribution in [2.24, 2.45) is 0 Å². The Hall–Kier alpha value is -2.81. The number of hydrogen-bond acceptors (Lipinski definition) is 8. The number of imidazole rings is 1. The zero-order valence-corrected chi connectivity index (χ0v) is 18.2. The molecule has 2 atom stereocenters. The van der Waals surface area contributed by atoms with Crippen LogP contribution in [0.15, 0.2) is 29.3 Å². The summed E-state index contributed by atoms with van der Waals surface area (Å²) in [5, 5.41) is 12.7. The number of aromatic nitrogens is 4. The van der Waals surface area contributed by atoms with Gasteiger partial charge in [-0.2, -0.15) is 13.2 Å². The summed E-state index contributed by atoms with van der Waals surface area (Å²) in [5.74, 6) is -1.89. The average Bonchev–Trinajstić information content (AvgIpc) is 3.18. The third-order valence-corrected chi connectivity index (χ3v) is 6.85. The summed E-state index contributed by atoms with van der Waals surface area (Å²) in [4.78, 5) is 7.18. The molecular formula is C19H21F3N6O4S. The van der Waals surface area contributed by atoms with Gasteiger partial charge in [0.2, 0.25) is 10.0 Å². The molecule has 0 amide bonds. The van der Waals surface area contributed by atoms with Crippen molar-refractivity contribution in [3.63, 3.8) is 0 Å². The first-order valence-electron chi connectivity index (χ1n) is 9.94. The first-order valence-corrected chi connectivity index (χ1v) is 11.4. The summed E-state index contributed by atoms with van der Waals surface area (Å²) in [7, 11) is -3.97. The van der Waals surface area contributed by atoms with E-state index in [-0.39, 0.29) is 35.6 Å². The Bertz CT molecular complexity index is 1290. The number of nitrogens with one attached hydrogen (secondary N) is 1. The van der Waals surface area contributed by atoms with E-state index in [1.807, 2.05) is 0 Å². The predicted molar refractivity (Wildman–Crippen MR) is 111 cm³/mol. The van der Waals surface area contributed by atoms with Crippen molar-refractivity contribution in [2.45, 2.75) is 43.0 Å². The van der Waals surface area contributed by atoms with Crippen LogP contribution >= 0.6 is 0 Å². The number of benzene rings is 1. The van der Waals surface area contributed by atoms with Gasteiger partial charge in [0.05, 0.1) is 36.1 Å². The van der Waals surface area contributed by atoms with Crippen LogP contribution in [-0.4, -0.2) is 58.5 Å². The van der Waals surface area contributed by atoms with E-state index in [9.17, 15) is 21.6 Å². The SMILES string of the molecule is Cc1ccc(S(=O)(=O)N[C@H]2CC[C@H](CO)OC2)cc1-c1cnc2c(N)nc(C(F)(F)F)nn12. The predicted octanol–water partition coefficient (Wildman–Crippen LogP) is 1.52. The normalized spacial score (nSPS) is 19.8. The fraction of sp³-hybridized carbons (Fsp3) is 0.421. The van der Waals surface area contributed by atoms with Crippen LogP contribution in [0.1, 0.15) is 24.2 Å². The molecule has 1 aliphatic rings. The highest BCUT2D eigenvalue weighted by Gasteiger charge is 2.36. The Labute approximate surface area is 186 Å². The van der Waals surface area contributed by atoms with Gasteiger partial charge in [0, 0.05) is 11.6 Å². The molecule has 4 rings (SSSR count). The van der Waals surface area contributed by atoms with Gasteiger partial charge in [-0.05, 0) is 37.5 Å². The lowest BCUT2D eigenvalue weighted by molar-refractivity contribution is -0.145. The smallest absolute Gasteiger partial charge is 0.394 e. The minimum Gasteiger partial charge on any atom is -0.394 e. The van der Waals surface area contributed by atoms with E-state index in [0.717, 1.165) is 4.52 Å². The molecule has 0 bridgehead atoms. The van der Waals surface area contributed by atoms with Crippen molar-refractivity contribution < 1.29 is 31.4 Å². The number of rotatable bonds is 5. The number of nitrogens with two attached hydrogens (primary N) is 1. The van der Waals surface area contributed by atoms with Crippen LogP contribution in [0, 0.1) is 6.92 Å². The van der Waals surface area contributed by atoms with Gasteiger partial charge in [-0.25, -0.2) is 27.6 Å². The van der Waals surface area contributed by atoms with Gasteiger partial charge in [0.1, 0.15) is 0 Å². The van der Waals surface area contributed by atoms with Crippen LogP contribution in [0.4, 0.5) is 19.0 Å². The van der Waals surface area contributed by atoms with Crippen molar-refractivity contribution in [2.75, 3.05) is 18.9 Å². The Morgan fingerprint density at radius 1 is 1.33 bits per heavy atom. The highest BCUT2D eigenvalue weighted by atomic mass is 32.2. The maximum atomic E-state index is 13.2. The highest BCUT2D eigenvalue weighted by Crippen LogP contribution is 2.31. The molecule has 33 heavy (non-hydrogen) atoms. The molecule has 1 fully saturated rings. The van der Waals surface area contributed by atoms with Gasteiger partial charge in [-0.3, -0.25) is 0 Å². The van der Waals surface area contributed by atoms with Crippen LogP contribution < -0.4 is 10.5 Å². The molecule has 3 aromatic rings. The second kappa shape index (κ2) is 8.52. The minimum atomic E-state index is -4.83. The van der Waals surface area contributed by atoms with Crippen LogP contribution in [0.5, 0.6) is 0 Å². The summed E-state index contributed by atoms with van der Waals surface area (Å²) in [5.41, 5.74) is 6.59. The molecule has 1 saturated heterocycles. The number of ether oxygens (including phenoxy) is 1. The molecule has 0 unspecified atom stereocenters. The highest BCUT2D eigenvalue weighted by molar-refractivity contribution is 7.89. The molecule has 0 aliphatic carbocycles. The topological polar surface area (TPSA) is 145 Å². The zero-order chi connectivity index (χ0) is 24.0. The number of fused-ring (bicyclic) bond motifs is 1. The Morgan fingerprint density at radius 2 is 2.09 bits per heavy atom. The first kappa shape index (κ1) is 23.4. The maximum absolute atomic E-state index is 13.2. The number of anilines is 1. The van der Waals surface area contributed by atoms with E-state index in [4.69, 9.17) is 15.6 Å². The molecule has 0 radical (unpaired) electrons. The minimum absolute atomic E-state index is 0.0819. The van der Waals surface area contributed by atoms with Gasteiger partial charge < -0.3 is 15.6 Å². The Balaban J connectivity index is 1.71. The second-order valence-electron chi connectivity index (χ2n) is 7.71. The van der Waals surface area contributed by atoms with Crippen LogP contribution in [0.3, 0.4) is 0 Å². The molecule has 14 heteroatoms. The monoisotopic (exact) mass is 486 g/mol. The van der Waals surface area contributed by atoms with Crippen LogP contribution in [0.2, 0.25) is 0 Å². The summed E-state index contributed by atoms with van der Waals surface area (Å²) in [6.07, 6.45) is -2.88. The summed E-state index contributed by atoms with van der Waals surface area (Å²) >= 11 is 0. The van der Waals surface area contributed by atoms with Crippen molar-refractivity contribution in [1.29, 1.82) is 0 Å². The molecule has 1 aliphatic heterocycles. The van der Waals surface area contributed by atoms with Crippen LogP contribution in [0.25, 0.3) is 16.9 Å². The number of nitrogen functional groups attached to an aromatic ring is 1. The maximum Gasteiger partial charge on any atom is 0.453 e. The number of aliphatic hydroxyl groups is 1. The molecular weight excluding hydrogens is 465 g/mol. The molecule has 1 aromatic carbocycles. The molecule has 3 heterocycles. The van der Waals surface area contributed by atoms with Gasteiger partial charge >= 0.3 is 6.18 Å². The van der Waals surface area contributed by atoms with Crippen molar-refractivity contribution in [3.05, 3.63) is 35.8 Å². The molecule has 178 valence electrons. The number of sulfonamides is 1. The van der Waals surface area contributed by atoms with Gasteiger partial charge in [-0.15, -0.1) is 5.10 Å². The molecule has 10 nitrogen and oxygen atoms in total. The fourth-order valence-electron chi connectivity index (χ4n) is 3.58. The second-order valence-corrected chi connectivity index (χ2v) is 9.42. The van der Waals surface area contributed by atoms with E-state index in [1.165, 1.54) is 24.4 Å². The largest absolute Gasteiger partial charge is 0.453 e. The lowest BCUT2D eigenvalue weighted by Crippen LogP contribution is -2.43. The summed E-state index contributed by atoms with van der Waals surface area (Å²) in [6.45, 7) is 1.66. The number of aryl methyl sites for hydroxylation is 1. The Kier molecular flexibility index (Phi) is 6.03. The Morgan fingerprint density at radius 3 is 2.73 bits per heavy atom. The molecule has 4 N–H and O–H groups in total. The van der Waals surface area contributed by atoms with E-state index >= 15 is 0 Å².